The normalized spacial score (nSPS) is 11.9. The van der Waals surface area contributed by atoms with E-state index in [2.05, 4.69) is 9.05 Å². The van der Waals surface area contributed by atoms with Crippen molar-refractivity contribution in [1.82, 2.24) is 0 Å². The lowest BCUT2D eigenvalue weighted by molar-refractivity contribution is 0.204. The van der Waals surface area contributed by atoms with Crippen LogP contribution in [0.2, 0.25) is 0 Å². The van der Waals surface area contributed by atoms with Crippen LogP contribution in [-0.2, 0) is 18.2 Å². The molecule has 0 aliphatic heterocycles. The fourth-order valence-corrected chi connectivity index (χ4v) is 1.01. The lowest BCUT2D eigenvalue weighted by Crippen LogP contribution is -1.84. The van der Waals surface area contributed by atoms with Crippen LogP contribution < -0.4 is 0 Å². The summed E-state index contributed by atoms with van der Waals surface area (Å²) in [7, 11) is -8.33. The van der Waals surface area contributed by atoms with E-state index in [-0.39, 0.29) is 13.2 Å². The second-order valence-electron chi connectivity index (χ2n) is 1.82. The maximum Gasteiger partial charge on any atom is 0.469 e. The summed E-state index contributed by atoms with van der Waals surface area (Å²) in [5, 5.41) is 0. The van der Waals surface area contributed by atoms with E-state index >= 15 is 0 Å². The molecule has 8 nitrogen and oxygen atoms in total. The van der Waals surface area contributed by atoms with Crippen LogP contribution in [0.25, 0.3) is 0 Å². The van der Waals surface area contributed by atoms with Crippen molar-refractivity contribution < 1.29 is 37.8 Å². The van der Waals surface area contributed by atoms with Gasteiger partial charge in [-0.1, -0.05) is 0 Å². The SMILES string of the molecule is CCOP(=O)(O)O.CCOP(=O)(O)O. The van der Waals surface area contributed by atoms with Crippen LogP contribution in [0.15, 0.2) is 0 Å². The third-order valence-electron chi connectivity index (χ3n) is 0.595. The Morgan fingerprint density at radius 3 is 1.07 bits per heavy atom. The summed E-state index contributed by atoms with van der Waals surface area (Å²) in [6.07, 6.45) is 0. The van der Waals surface area contributed by atoms with E-state index in [1.165, 1.54) is 13.8 Å². The van der Waals surface area contributed by atoms with Crippen molar-refractivity contribution in [2.75, 3.05) is 13.2 Å². The van der Waals surface area contributed by atoms with Gasteiger partial charge in [0.1, 0.15) is 0 Å². The van der Waals surface area contributed by atoms with Crippen LogP contribution in [0.1, 0.15) is 13.8 Å². The van der Waals surface area contributed by atoms with Crippen molar-refractivity contribution in [1.29, 1.82) is 0 Å². The summed E-state index contributed by atoms with van der Waals surface area (Å²) in [4.78, 5) is 31.6. The Balaban J connectivity index is 0. The van der Waals surface area contributed by atoms with Crippen molar-refractivity contribution in [3.8, 4) is 0 Å². The maximum atomic E-state index is 9.70. The summed E-state index contributed by atoms with van der Waals surface area (Å²) < 4.78 is 27.2. The fraction of sp³-hybridized carbons (Fsp3) is 1.00. The van der Waals surface area contributed by atoms with E-state index in [0.29, 0.717) is 0 Å². The second kappa shape index (κ2) is 7.50. The molecule has 0 aromatic heterocycles. The Morgan fingerprint density at radius 1 is 0.857 bits per heavy atom. The van der Waals surface area contributed by atoms with Gasteiger partial charge in [0.15, 0.2) is 0 Å². The monoisotopic (exact) mass is 252 g/mol. The van der Waals surface area contributed by atoms with Gasteiger partial charge in [0, 0.05) is 0 Å². The highest BCUT2D eigenvalue weighted by Crippen LogP contribution is 2.35. The predicted octanol–water partition coefficient (Wildman–Crippen LogP) is 0.231. The predicted molar refractivity (Wildman–Crippen MR) is 47.3 cm³/mol. The quantitative estimate of drug-likeness (QED) is 0.522. The van der Waals surface area contributed by atoms with Crippen molar-refractivity contribution in [3.05, 3.63) is 0 Å². The molecule has 0 rings (SSSR count). The molecule has 0 spiro atoms. The van der Waals surface area contributed by atoms with Crippen LogP contribution in [0.3, 0.4) is 0 Å². The largest absolute Gasteiger partial charge is 0.469 e. The Morgan fingerprint density at radius 2 is 1.07 bits per heavy atom. The number of rotatable bonds is 4. The lowest BCUT2D eigenvalue weighted by atomic mass is 10.9. The minimum Gasteiger partial charge on any atom is -0.303 e. The molecule has 0 saturated heterocycles. The number of phosphoric acid groups is 2. The van der Waals surface area contributed by atoms with E-state index in [1.54, 1.807) is 0 Å². The topological polar surface area (TPSA) is 134 Å². The molecular weight excluding hydrogens is 238 g/mol. The molecule has 0 radical (unpaired) electrons. The third kappa shape index (κ3) is 22.8. The highest BCUT2D eigenvalue weighted by atomic mass is 31.2. The Labute approximate surface area is 81.3 Å². The number of hydrogen-bond donors (Lipinski definition) is 4. The molecule has 10 heteroatoms. The Kier molecular flexibility index (Phi) is 8.92. The summed E-state index contributed by atoms with van der Waals surface area (Å²) in [6, 6.07) is 0. The summed E-state index contributed by atoms with van der Waals surface area (Å²) in [5.41, 5.74) is 0. The maximum absolute atomic E-state index is 9.70. The molecule has 4 N–H and O–H groups in total. The van der Waals surface area contributed by atoms with E-state index in [0.717, 1.165) is 0 Å². The molecule has 0 aromatic carbocycles. The molecule has 0 bridgehead atoms. The van der Waals surface area contributed by atoms with E-state index in [9.17, 15) is 9.13 Å². The first-order valence-corrected chi connectivity index (χ1v) is 6.58. The number of phosphoric ester groups is 2. The minimum atomic E-state index is -4.17. The molecule has 0 amide bonds. The molecule has 0 aliphatic carbocycles. The molecule has 0 heterocycles. The average Bonchev–Trinajstić information content (AvgIpc) is 1.81. The zero-order chi connectivity index (χ0) is 11.8. The lowest BCUT2D eigenvalue weighted by Gasteiger charge is -1.98. The summed E-state index contributed by atoms with van der Waals surface area (Å²) in [6.45, 7) is 3.12. The van der Waals surface area contributed by atoms with Crippen LogP contribution in [0, 0.1) is 0 Å². The van der Waals surface area contributed by atoms with E-state index in [4.69, 9.17) is 19.6 Å². The zero-order valence-electron chi connectivity index (χ0n) is 7.73. The average molecular weight is 252 g/mol. The molecule has 14 heavy (non-hydrogen) atoms. The van der Waals surface area contributed by atoms with Crippen LogP contribution >= 0.6 is 15.6 Å². The number of hydrogen-bond acceptors (Lipinski definition) is 4. The standard InChI is InChI=1S/2C2H7O4P/c2*1-2-6-7(3,4)5/h2*2H2,1H3,(H2,3,4,5). The van der Waals surface area contributed by atoms with Gasteiger partial charge in [-0.25, -0.2) is 9.13 Å². The van der Waals surface area contributed by atoms with E-state index < -0.39 is 15.6 Å². The first kappa shape index (κ1) is 16.6. The molecule has 0 atom stereocenters. The molecule has 88 valence electrons. The molecule has 0 fully saturated rings. The van der Waals surface area contributed by atoms with Crippen LogP contribution in [0.4, 0.5) is 0 Å². The van der Waals surface area contributed by atoms with Gasteiger partial charge in [0.05, 0.1) is 13.2 Å². The highest BCUT2D eigenvalue weighted by molar-refractivity contribution is 7.46. The molecule has 0 aliphatic rings. The molecule has 0 saturated carbocycles. The van der Waals surface area contributed by atoms with Crippen molar-refractivity contribution >= 4 is 15.6 Å². The summed E-state index contributed by atoms with van der Waals surface area (Å²) >= 11 is 0. The van der Waals surface area contributed by atoms with Crippen molar-refractivity contribution in [3.63, 3.8) is 0 Å². The van der Waals surface area contributed by atoms with Crippen LogP contribution in [0.5, 0.6) is 0 Å². The van der Waals surface area contributed by atoms with Crippen LogP contribution in [-0.4, -0.2) is 32.8 Å². The second-order valence-corrected chi connectivity index (χ2v) is 4.30. The van der Waals surface area contributed by atoms with Gasteiger partial charge in [-0.3, -0.25) is 9.05 Å². The van der Waals surface area contributed by atoms with Gasteiger partial charge in [-0.05, 0) is 13.8 Å². The van der Waals surface area contributed by atoms with Crippen molar-refractivity contribution in [2.45, 2.75) is 13.8 Å². The Hall–Kier alpha value is 0.220. The minimum absolute atomic E-state index is 0.0459. The molecule has 0 unspecified atom stereocenters. The van der Waals surface area contributed by atoms with Gasteiger partial charge >= 0.3 is 15.6 Å². The molecular formula is C4H14O8P2. The fourth-order valence-electron chi connectivity index (χ4n) is 0.336. The summed E-state index contributed by atoms with van der Waals surface area (Å²) in [5.74, 6) is 0. The zero-order valence-corrected chi connectivity index (χ0v) is 9.52. The first-order valence-electron chi connectivity index (χ1n) is 3.52. The third-order valence-corrected chi connectivity index (χ3v) is 1.78. The smallest absolute Gasteiger partial charge is 0.303 e. The highest BCUT2D eigenvalue weighted by Gasteiger charge is 2.10. The van der Waals surface area contributed by atoms with Gasteiger partial charge in [0.2, 0.25) is 0 Å². The van der Waals surface area contributed by atoms with E-state index in [1.807, 2.05) is 0 Å². The van der Waals surface area contributed by atoms with Gasteiger partial charge in [-0.2, -0.15) is 0 Å². The van der Waals surface area contributed by atoms with Gasteiger partial charge in [-0.15, -0.1) is 0 Å². The first-order chi connectivity index (χ1) is 6.12. The van der Waals surface area contributed by atoms with Gasteiger partial charge < -0.3 is 19.6 Å². The Bertz CT molecular complexity index is 191. The molecule has 0 aromatic rings. The van der Waals surface area contributed by atoms with Gasteiger partial charge in [0.25, 0.3) is 0 Å². The van der Waals surface area contributed by atoms with Crippen molar-refractivity contribution in [2.24, 2.45) is 0 Å².